The summed E-state index contributed by atoms with van der Waals surface area (Å²) in [4.78, 5) is 11.8. The molecule has 0 fully saturated rings. The molecule has 2 aromatic heterocycles. The first-order valence-corrected chi connectivity index (χ1v) is 8.16. The van der Waals surface area contributed by atoms with Gasteiger partial charge in [0.05, 0.1) is 5.52 Å². The molecular weight excluding hydrogens is 324 g/mol. The van der Waals surface area contributed by atoms with Crippen LogP contribution in [0, 0.1) is 6.92 Å². The topological polar surface area (TPSA) is 79.5 Å². The van der Waals surface area contributed by atoms with Gasteiger partial charge in [-0.1, -0.05) is 35.8 Å². The lowest BCUT2D eigenvalue weighted by Crippen LogP contribution is -2.00. The van der Waals surface area contributed by atoms with Crippen molar-refractivity contribution in [3.8, 4) is 5.69 Å². The van der Waals surface area contributed by atoms with Crippen LogP contribution in [-0.2, 0) is 12.8 Å². The Labute approximate surface area is 144 Å². The highest BCUT2D eigenvalue weighted by molar-refractivity contribution is 6.30. The Hall–Kier alpha value is -2.56. The second-order valence-electron chi connectivity index (χ2n) is 5.53. The first-order valence-electron chi connectivity index (χ1n) is 7.78. The smallest absolute Gasteiger partial charge is 0.179 e. The van der Waals surface area contributed by atoms with Crippen molar-refractivity contribution < 1.29 is 0 Å². The van der Waals surface area contributed by atoms with Crippen LogP contribution in [0.2, 0.25) is 5.15 Å². The van der Waals surface area contributed by atoms with E-state index in [1.54, 1.807) is 0 Å². The Morgan fingerprint density at radius 3 is 2.67 bits per heavy atom. The summed E-state index contributed by atoms with van der Waals surface area (Å²) in [5.41, 5.74) is 13.1. The highest BCUT2D eigenvalue weighted by Gasteiger charge is 2.14. The fourth-order valence-electron chi connectivity index (χ4n) is 2.69. The van der Waals surface area contributed by atoms with Crippen LogP contribution in [0.5, 0.6) is 0 Å². The second kappa shape index (κ2) is 6.91. The monoisotopic (exact) mass is 340 g/mol. The van der Waals surface area contributed by atoms with E-state index in [0.717, 1.165) is 41.0 Å². The number of nitrogens with zero attached hydrogens (tertiary/aromatic N) is 6. The van der Waals surface area contributed by atoms with Gasteiger partial charge in [0, 0.05) is 23.6 Å². The average Bonchev–Trinajstić information content (AvgIpc) is 2.93. The van der Waals surface area contributed by atoms with Crippen molar-refractivity contribution in [1.29, 1.82) is 0 Å². The third kappa shape index (κ3) is 3.07. The van der Waals surface area contributed by atoms with Crippen molar-refractivity contribution >= 4 is 22.8 Å². The summed E-state index contributed by atoms with van der Waals surface area (Å²) in [5, 5.41) is 4.06. The molecule has 0 radical (unpaired) electrons. The van der Waals surface area contributed by atoms with E-state index in [4.69, 9.17) is 17.1 Å². The van der Waals surface area contributed by atoms with Crippen LogP contribution in [0.1, 0.15) is 23.9 Å². The van der Waals surface area contributed by atoms with Crippen LogP contribution in [0.15, 0.2) is 35.4 Å². The summed E-state index contributed by atoms with van der Waals surface area (Å²) in [6.45, 7) is 4.47. The SMILES string of the molecule is CCc1nc2nc(Cl)c(C)cc2n1-c1ccc(CCN=[N+]=[N-])cc1. The first kappa shape index (κ1) is 16.3. The number of halogens is 1. The van der Waals surface area contributed by atoms with Crippen molar-refractivity contribution in [2.24, 2.45) is 5.11 Å². The van der Waals surface area contributed by atoms with E-state index in [-0.39, 0.29) is 0 Å². The molecular formula is C17H17ClN6. The standard InChI is InChI=1S/C17H17ClN6/c1-3-15-21-17-14(10-11(2)16(18)22-17)24(15)13-6-4-12(5-7-13)8-9-20-23-19/h4-7,10H,3,8-9H2,1-2H3. The van der Waals surface area contributed by atoms with Gasteiger partial charge >= 0.3 is 0 Å². The number of benzene rings is 1. The molecule has 0 aliphatic carbocycles. The number of imidazole rings is 1. The minimum atomic E-state index is 0.464. The van der Waals surface area contributed by atoms with Gasteiger partial charge in [-0.3, -0.25) is 4.57 Å². The van der Waals surface area contributed by atoms with Crippen LogP contribution in [0.25, 0.3) is 27.3 Å². The molecule has 3 rings (SSSR count). The highest BCUT2D eigenvalue weighted by atomic mass is 35.5. The molecule has 0 atom stereocenters. The second-order valence-corrected chi connectivity index (χ2v) is 5.88. The normalized spacial score (nSPS) is 10.8. The van der Waals surface area contributed by atoms with Gasteiger partial charge < -0.3 is 0 Å². The highest BCUT2D eigenvalue weighted by Crippen LogP contribution is 2.25. The van der Waals surface area contributed by atoms with Gasteiger partial charge in [0.1, 0.15) is 11.0 Å². The molecule has 0 amide bonds. The van der Waals surface area contributed by atoms with Crippen LogP contribution in [0.4, 0.5) is 0 Å². The Balaban J connectivity index is 2.04. The number of fused-ring (bicyclic) bond motifs is 1. The molecule has 6 nitrogen and oxygen atoms in total. The molecule has 24 heavy (non-hydrogen) atoms. The number of hydrogen-bond acceptors (Lipinski definition) is 3. The van der Waals surface area contributed by atoms with Gasteiger partial charge in [0.15, 0.2) is 5.65 Å². The number of hydrogen-bond donors (Lipinski definition) is 0. The fraction of sp³-hybridized carbons (Fsp3) is 0.294. The number of aromatic nitrogens is 3. The van der Waals surface area contributed by atoms with Crippen LogP contribution in [-0.4, -0.2) is 21.1 Å². The lowest BCUT2D eigenvalue weighted by atomic mass is 10.1. The van der Waals surface area contributed by atoms with Gasteiger partial charge in [0.25, 0.3) is 0 Å². The fourth-order valence-corrected chi connectivity index (χ4v) is 2.82. The number of aryl methyl sites for hydroxylation is 2. The largest absolute Gasteiger partial charge is 0.295 e. The maximum Gasteiger partial charge on any atom is 0.179 e. The van der Waals surface area contributed by atoms with Gasteiger partial charge in [-0.15, -0.1) is 0 Å². The molecule has 0 aliphatic rings. The molecule has 1 aromatic carbocycles. The summed E-state index contributed by atoms with van der Waals surface area (Å²) in [5.74, 6) is 0.945. The van der Waals surface area contributed by atoms with E-state index in [1.165, 1.54) is 0 Å². The molecule has 0 spiro atoms. The Morgan fingerprint density at radius 1 is 1.25 bits per heavy atom. The summed E-state index contributed by atoms with van der Waals surface area (Å²) >= 11 is 6.12. The van der Waals surface area contributed by atoms with E-state index < -0.39 is 0 Å². The summed E-state index contributed by atoms with van der Waals surface area (Å²) in [7, 11) is 0. The molecule has 0 saturated carbocycles. The van der Waals surface area contributed by atoms with Crippen molar-refractivity contribution in [3.05, 3.63) is 62.9 Å². The maximum absolute atomic E-state index is 8.35. The predicted octanol–water partition coefficient (Wildman–Crippen LogP) is 4.80. The Morgan fingerprint density at radius 2 is 2.00 bits per heavy atom. The van der Waals surface area contributed by atoms with Crippen LogP contribution < -0.4 is 0 Å². The van der Waals surface area contributed by atoms with E-state index in [0.29, 0.717) is 17.3 Å². The van der Waals surface area contributed by atoms with Crippen molar-refractivity contribution in [2.75, 3.05) is 6.54 Å². The van der Waals surface area contributed by atoms with E-state index in [1.807, 2.05) is 25.1 Å². The van der Waals surface area contributed by atoms with Crippen molar-refractivity contribution in [3.63, 3.8) is 0 Å². The zero-order chi connectivity index (χ0) is 17.1. The minimum absolute atomic E-state index is 0.464. The Bertz CT molecular complexity index is 922. The van der Waals surface area contributed by atoms with Gasteiger partial charge in [-0.25, -0.2) is 9.97 Å². The number of rotatable bonds is 5. The van der Waals surface area contributed by atoms with Crippen molar-refractivity contribution in [2.45, 2.75) is 26.7 Å². The average molecular weight is 341 g/mol. The van der Waals surface area contributed by atoms with E-state index in [9.17, 15) is 0 Å². The summed E-state index contributed by atoms with van der Waals surface area (Å²) in [6.07, 6.45) is 1.53. The number of pyridine rings is 1. The van der Waals surface area contributed by atoms with Gasteiger partial charge in [-0.05, 0) is 48.2 Å². The molecule has 0 N–H and O–H groups in total. The van der Waals surface area contributed by atoms with Gasteiger partial charge in [0.2, 0.25) is 0 Å². The quantitative estimate of drug-likeness (QED) is 0.289. The molecule has 2 heterocycles. The summed E-state index contributed by atoms with van der Waals surface area (Å²) < 4.78 is 2.11. The molecule has 7 heteroatoms. The van der Waals surface area contributed by atoms with Crippen molar-refractivity contribution in [1.82, 2.24) is 14.5 Å². The molecule has 0 bridgehead atoms. The van der Waals surface area contributed by atoms with Gasteiger partial charge in [-0.2, -0.15) is 0 Å². The lowest BCUT2D eigenvalue weighted by Gasteiger charge is -2.09. The minimum Gasteiger partial charge on any atom is -0.295 e. The predicted molar refractivity (Wildman–Crippen MR) is 95.7 cm³/mol. The summed E-state index contributed by atoms with van der Waals surface area (Å²) in [6, 6.07) is 10.2. The number of azide groups is 1. The zero-order valence-electron chi connectivity index (χ0n) is 13.6. The van der Waals surface area contributed by atoms with E-state index in [2.05, 4.69) is 43.6 Å². The Kier molecular flexibility index (Phi) is 4.69. The third-order valence-corrected chi connectivity index (χ3v) is 4.30. The van der Waals surface area contributed by atoms with E-state index >= 15 is 0 Å². The zero-order valence-corrected chi connectivity index (χ0v) is 14.3. The molecule has 0 saturated heterocycles. The lowest BCUT2D eigenvalue weighted by molar-refractivity contribution is 0.904. The maximum atomic E-state index is 8.35. The van der Waals surface area contributed by atoms with Crippen LogP contribution >= 0.6 is 11.6 Å². The molecule has 0 unspecified atom stereocenters. The molecule has 0 aliphatic heterocycles. The molecule has 3 aromatic rings. The molecule has 122 valence electrons. The first-order chi connectivity index (χ1) is 11.6. The van der Waals surface area contributed by atoms with Crippen LogP contribution in [0.3, 0.4) is 0 Å². The third-order valence-electron chi connectivity index (χ3n) is 3.92.